The predicted octanol–water partition coefficient (Wildman–Crippen LogP) is 0.918. The number of ether oxygens (including phenoxy) is 10. The molecule has 0 N–H and O–H groups in total. The molecule has 1 aliphatic heterocycles. The van der Waals surface area contributed by atoms with Crippen LogP contribution in [0.25, 0.3) is 0 Å². The van der Waals surface area contributed by atoms with Crippen LogP contribution in [0.5, 0.6) is 0 Å². The molecular weight excluding hydrogens is 594 g/mol. The van der Waals surface area contributed by atoms with Crippen molar-refractivity contribution in [1.29, 1.82) is 0 Å². The standard InChI is InChI=1S/C31H47NO13/c33-29-6-7-30(34)32(29)8-9-36-10-11-37-12-13-38-14-15-39-16-17-40-18-19-41-20-21-42-22-23-43-24-25-44-26-27-45-31(35)28-4-2-1-3-5-28/h1-7H,8-27H2. The van der Waals surface area contributed by atoms with Crippen LogP contribution in [-0.2, 0) is 57.0 Å². The number of nitrogens with zero attached hydrogens (tertiary/aromatic N) is 1. The third-order valence-electron chi connectivity index (χ3n) is 5.81. The highest BCUT2D eigenvalue weighted by atomic mass is 16.6. The Kier molecular flexibility index (Phi) is 23.5. The fourth-order valence-corrected chi connectivity index (χ4v) is 3.52. The molecule has 0 fully saturated rings. The number of benzene rings is 1. The van der Waals surface area contributed by atoms with Gasteiger partial charge in [-0.1, -0.05) is 18.2 Å². The lowest BCUT2D eigenvalue weighted by Crippen LogP contribution is -2.33. The molecule has 1 heterocycles. The van der Waals surface area contributed by atoms with Gasteiger partial charge < -0.3 is 47.4 Å². The van der Waals surface area contributed by atoms with Crippen LogP contribution in [0.3, 0.4) is 0 Å². The molecule has 45 heavy (non-hydrogen) atoms. The first-order valence-electron chi connectivity index (χ1n) is 15.1. The summed E-state index contributed by atoms with van der Waals surface area (Å²) in [6.45, 7) is 8.20. The van der Waals surface area contributed by atoms with Gasteiger partial charge in [-0.25, -0.2) is 4.79 Å². The number of amides is 2. The molecule has 0 unspecified atom stereocenters. The number of hydrogen-bond donors (Lipinski definition) is 0. The van der Waals surface area contributed by atoms with Crippen LogP contribution in [0.2, 0.25) is 0 Å². The van der Waals surface area contributed by atoms with Crippen LogP contribution in [0.1, 0.15) is 10.4 Å². The first-order valence-corrected chi connectivity index (χ1v) is 15.1. The van der Waals surface area contributed by atoms with Crippen LogP contribution in [0.4, 0.5) is 0 Å². The molecule has 1 aliphatic rings. The van der Waals surface area contributed by atoms with Gasteiger partial charge in [-0.15, -0.1) is 0 Å². The van der Waals surface area contributed by atoms with Gasteiger partial charge in [0, 0.05) is 12.2 Å². The van der Waals surface area contributed by atoms with Gasteiger partial charge in [-0.05, 0) is 12.1 Å². The molecule has 1 aromatic carbocycles. The summed E-state index contributed by atoms with van der Waals surface area (Å²) in [5, 5.41) is 0. The smallest absolute Gasteiger partial charge is 0.338 e. The molecule has 0 saturated carbocycles. The number of esters is 1. The summed E-state index contributed by atoms with van der Waals surface area (Å²) in [6.07, 6.45) is 2.50. The van der Waals surface area contributed by atoms with Gasteiger partial charge in [0.15, 0.2) is 0 Å². The van der Waals surface area contributed by atoms with Crippen LogP contribution in [0.15, 0.2) is 42.5 Å². The SMILES string of the molecule is O=C(OCCOCCOCCOCCOCCOCCOCCOCCOCCOCCN1C(=O)C=CC1=O)c1ccccc1. The molecule has 0 atom stereocenters. The Balaban J connectivity index is 1.16. The zero-order valence-corrected chi connectivity index (χ0v) is 25.9. The molecule has 14 nitrogen and oxygen atoms in total. The minimum atomic E-state index is -0.363. The number of imide groups is 1. The summed E-state index contributed by atoms with van der Waals surface area (Å²) in [5.74, 6) is -0.982. The minimum absolute atomic E-state index is 0.195. The zero-order valence-electron chi connectivity index (χ0n) is 25.9. The van der Waals surface area contributed by atoms with Gasteiger partial charge in [-0.3, -0.25) is 14.5 Å². The van der Waals surface area contributed by atoms with E-state index in [9.17, 15) is 14.4 Å². The molecule has 0 saturated heterocycles. The lowest BCUT2D eigenvalue weighted by Gasteiger charge is -2.13. The second-order valence-electron chi connectivity index (χ2n) is 9.17. The molecule has 0 spiro atoms. The third kappa shape index (κ3) is 20.8. The summed E-state index contributed by atoms with van der Waals surface area (Å²) in [7, 11) is 0. The van der Waals surface area contributed by atoms with E-state index in [0.717, 1.165) is 4.90 Å². The van der Waals surface area contributed by atoms with Crippen molar-refractivity contribution < 1.29 is 61.8 Å². The maximum Gasteiger partial charge on any atom is 0.338 e. The van der Waals surface area contributed by atoms with E-state index in [0.29, 0.717) is 118 Å². The van der Waals surface area contributed by atoms with E-state index >= 15 is 0 Å². The van der Waals surface area contributed by atoms with Crippen molar-refractivity contribution in [2.45, 2.75) is 0 Å². The molecule has 0 radical (unpaired) electrons. The van der Waals surface area contributed by atoms with E-state index in [4.69, 9.17) is 47.4 Å². The van der Waals surface area contributed by atoms with Crippen molar-refractivity contribution in [3.8, 4) is 0 Å². The van der Waals surface area contributed by atoms with Crippen molar-refractivity contribution in [1.82, 2.24) is 4.90 Å². The first kappa shape index (κ1) is 38.4. The monoisotopic (exact) mass is 641 g/mol. The van der Waals surface area contributed by atoms with E-state index in [1.54, 1.807) is 24.3 Å². The highest BCUT2D eigenvalue weighted by Crippen LogP contribution is 2.02. The Bertz CT molecular complexity index is 913. The summed E-state index contributed by atoms with van der Waals surface area (Å²) in [5.41, 5.74) is 0.519. The summed E-state index contributed by atoms with van der Waals surface area (Å²) < 4.78 is 53.9. The molecule has 2 amide bonds. The maximum absolute atomic E-state index is 11.8. The van der Waals surface area contributed by atoms with Crippen LogP contribution in [-0.4, -0.2) is 155 Å². The van der Waals surface area contributed by atoms with E-state index in [2.05, 4.69) is 0 Å². The maximum atomic E-state index is 11.8. The van der Waals surface area contributed by atoms with Gasteiger partial charge in [-0.2, -0.15) is 0 Å². The molecule has 14 heteroatoms. The molecule has 0 aliphatic carbocycles. The average Bonchev–Trinajstić information content (AvgIpc) is 3.38. The largest absolute Gasteiger partial charge is 0.460 e. The second-order valence-corrected chi connectivity index (χ2v) is 9.17. The Morgan fingerprint density at radius 1 is 0.444 bits per heavy atom. The number of hydrogen-bond acceptors (Lipinski definition) is 13. The van der Waals surface area contributed by atoms with E-state index < -0.39 is 0 Å². The van der Waals surface area contributed by atoms with Gasteiger partial charge >= 0.3 is 5.97 Å². The average molecular weight is 642 g/mol. The summed E-state index contributed by atoms with van der Waals surface area (Å²) in [4.78, 5) is 35.7. The quantitative estimate of drug-likeness (QED) is 0.0644. The Hall–Kier alpha value is -2.79. The van der Waals surface area contributed by atoms with E-state index in [1.165, 1.54) is 12.2 Å². The van der Waals surface area contributed by atoms with Crippen molar-refractivity contribution in [2.75, 3.05) is 132 Å². The number of carbonyl (C=O) groups excluding carboxylic acids is 3. The fourth-order valence-electron chi connectivity index (χ4n) is 3.52. The zero-order chi connectivity index (χ0) is 32.0. The van der Waals surface area contributed by atoms with Crippen LogP contribution < -0.4 is 0 Å². The highest BCUT2D eigenvalue weighted by Gasteiger charge is 2.22. The molecule has 1 aromatic rings. The minimum Gasteiger partial charge on any atom is -0.460 e. The third-order valence-corrected chi connectivity index (χ3v) is 5.81. The van der Waals surface area contributed by atoms with Crippen molar-refractivity contribution in [3.05, 3.63) is 48.0 Å². The second kappa shape index (κ2) is 27.5. The normalized spacial score (nSPS) is 12.8. The highest BCUT2D eigenvalue weighted by molar-refractivity contribution is 6.12. The lowest BCUT2D eigenvalue weighted by atomic mass is 10.2. The Morgan fingerprint density at radius 3 is 1.11 bits per heavy atom. The lowest BCUT2D eigenvalue weighted by molar-refractivity contribution is -0.137. The topological polar surface area (TPSA) is 147 Å². The van der Waals surface area contributed by atoms with E-state index in [1.807, 2.05) is 6.07 Å². The number of rotatable bonds is 31. The molecular formula is C31H47NO13. The van der Waals surface area contributed by atoms with E-state index in [-0.39, 0.29) is 37.5 Å². The van der Waals surface area contributed by atoms with Gasteiger partial charge in [0.1, 0.15) is 6.61 Å². The first-order chi connectivity index (χ1) is 22.2. The molecule has 254 valence electrons. The molecule has 2 rings (SSSR count). The number of carbonyl (C=O) groups is 3. The van der Waals surface area contributed by atoms with Gasteiger partial charge in [0.25, 0.3) is 11.8 Å². The molecule has 0 bridgehead atoms. The summed E-state index contributed by atoms with van der Waals surface area (Å²) in [6, 6.07) is 8.82. The van der Waals surface area contributed by atoms with Gasteiger partial charge in [0.05, 0.1) is 131 Å². The van der Waals surface area contributed by atoms with Crippen molar-refractivity contribution in [3.63, 3.8) is 0 Å². The van der Waals surface area contributed by atoms with Crippen molar-refractivity contribution >= 4 is 17.8 Å². The summed E-state index contributed by atoms with van der Waals surface area (Å²) >= 11 is 0. The Morgan fingerprint density at radius 2 is 0.756 bits per heavy atom. The van der Waals surface area contributed by atoms with Crippen LogP contribution >= 0.6 is 0 Å². The Labute approximate surface area is 264 Å². The predicted molar refractivity (Wildman–Crippen MR) is 160 cm³/mol. The molecule has 0 aromatic heterocycles. The fraction of sp³-hybridized carbons (Fsp3) is 0.645. The van der Waals surface area contributed by atoms with Crippen molar-refractivity contribution in [2.24, 2.45) is 0 Å². The van der Waals surface area contributed by atoms with Crippen LogP contribution in [0, 0.1) is 0 Å². The van der Waals surface area contributed by atoms with Gasteiger partial charge in [0.2, 0.25) is 0 Å².